The molecule has 0 saturated carbocycles. The van der Waals surface area contributed by atoms with E-state index in [1.54, 1.807) is 6.20 Å². The lowest BCUT2D eigenvalue weighted by Crippen LogP contribution is -2.26. The first-order valence-corrected chi connectivity index (χ1v) is 7.91. The minimum Gasteiger partial charge on any atom is -0.380 e. The molecule has 23 heavy (non-hydrogen) atoms. The molecular formula is C18H19N5. The van der Waals surface area contributed by atoms with Gasteiger partial charge < -0.3 is 10.2 Å². The van der Waals surface area contributed by atoms with Crippen molar-refractivity contribution in [3.63, 3.8) is 0 Å². The van der Waals surface area contributed by atoms with Crippen LogP contribution in [-0.2, 0) is 0 Å². The maximum Gasteiger partial charge on any atom is 0.130 e. The van der Waals surface area contributed by atoms with Gasteiger partial charge in [-0.3, -0.25) is 0 Å². The van der Waals surface area contributed by atoms with Crippen LogP contribution in [0.3, 0.4) is 0 Å². The summed E-state index contributed by atoms with van der Waals surface area (Å²) in [5.41, 5.74) is 2.22. The zero-order valence-corrected chi connectivity index (χ0v) is 12.8. The lowest BCUT2D eigenvalue weighted by molar-refractivity contribution is 0.805. The van der Waals surface area contributed by atoms with Crippen LogP contribution in [0, 0.1) is 0 Å². The summed E-state index contributed by atoms with van der Waals surface area (Å²) in [7, 11) is 0. The van der Waals surface area contributed by atoms with E-state index in [9.17, 15) is 0 Å². The average molecular weight is 305 g/mol. The Morgan fingerprint density at radius 2 is 1.96 bits per heavy atom. The monoisotopic (exact) mass is 305 g/mol. The maximum absolute atomic E-state index is 4.53. The zero-order chi connectivity index (χ0) is 15.5. The van der Waals surface area contributed by atoms with Gasteiger partial charge in [-0.05, 0) is 30.7 Å². The first-order chi connectivity index (χ1) is 11.4. The van der Waals surface area contributed by atoms with Crippen LogP contribution in [0.1, 0.15) is 6.42 Å². The summed E-state index contributed by atoms with van der Waals surface area (Å²) in [6.45, 7) is 1.98. The number of anilines is 2. The fraction of sp³-hybridized carbons (Fsp3) is 0.222. The molecule has 3 heterocycles. The second-order valence-electron chi connectivity index (χ2n) is 5.76. The van der Waals surface area contributed by atoms with Crippen LogP contribution in [-0.4, -0.2) is 33.9 Å². The highest BCUT2D eigenvalue weighted by Crippen LogP contribution is 2.22. The lowest BCUT2D eigenvalue weighted by atomic mass is 10.2. The lowest BCUT2D eigenvalue weighted by Gasteiger charge is -2.19. The normalized spacial score (nSPS) is 17.4. The van der Waals surface area contributed by atoms with Gasteiger partial charge in [0.25, 0.3) is 0 Å². The smallest absolute Gasteiger partial charge is 0.130 e. The molecule has 0 radical (unpaired) electrons. The topological polar surface area (TPSA) is 46.0 Å². The molecule has 1 aliphatic heterocycles. The third-order valence-electron chi connectivity index (χ3n) is 4.15. The van der Waals surface area contributed by atoms with Gasteiger partial charge in [-0.15, -0.1) is 0 Å². The molecule has 0 aliphatic carbocycles. The van der Waals surface area contributed by atoms with Crippen molar-refractivity contribution < 1.29 is 0 Å². The van der Waals surface area contributed by atoms with Crippen molar-refractivity contribution in [2.75, 3.05) is 23.3 Å². The van der Waals surface area contributed by atoms with E-state index in [1.165, 1.54) is 5.69 Å². The van der Waals surface area contributed by atoms with Crippen molar-refractivity contribution in [1.29, 1.82) is 0 Å². The van der Waals surface area contributed by atoms with Crippen LogP contribution >= 0.6 is 0 Å². The standard InChI is InChI=1S/C18H19N5/c1-2-5-15(6-3-1)21-16-8-12-22(14-16)18-13-17(7-10-19-18)23-11-4-9-20-23/h1-7,9-11,13,16,21H,8,12,14H2/t16-/m1/s1. The maximum atomic E-state index is 4.53. The van der Waals surface area contributed by atoms with Gasteiger partial charge in [0.2, 0.25) is 0 Å². The van der Waals surface area contributed by atoms with E-state index in [2.05, 4.69) is 50.6 Å². The number of benzene rings is 1. The molecule has 0 unspecified atom stereocenters. The van der Waals surface area contributed by atoms with E-state index in [-0.39, 0.29) is 0 Å². The number of para-hydroxylation sites is 1. The number of nitrogens with one attached hydrogen (secondary N) is 1. The number of hydrogen-bond donors (Lipinski definition) is 1. The summed E-state index contributed by atoms with van der Waals surface area (Å²) in [6.07, 6.45) is 6.70. The largest absolute Gasteiger partial charge is 0.380 e. The van der Waals surface area contributed by atoms with E-state index in [4.69, 9.17) is 0 Å². The summed E-state index contributed by atoms with van der Waals surface area (Å²) in [4.78, 5) is 6.86. The van der Waals surface area contributed by atoms with E-state index < -0.39 is 0 Å². The molecule has 5 heteroatoms. The zero-order valence-electron chi connectivity index (χ0n) is 12.8. The number of rotatable bonds is 4. The molecule has 1 N–H and O–H groups in total. The van der Waals surface area contributed by atoms with Gasteiger partial charge in [0.05, 0.1) is 5.69 Å². The molecule has 1 saturated heterocycles. The highest BCUT2D eigenvalue weighted by Gasteiger charge is 2.23. The first-order valence-electron chi connectivity index (χ1n) is 7.91. The van der Waals surface area contributed by atoms with Crippen molar-refractivity contribution in [1.82, 2.24) is 14.8 Å². The quantitative estimate of drug-likeness (QED) is 0.805. The Bertz CT molecular complexity index is 754. The van der Waals surface area contributed by atoms with Crippen LogP contribution in [0.2, 0.25) is 0 Å². The Morgan fingerprint density at radius 1 is 1.04 bits per heavy atom. The number of hydrogen-bond acceptors (Lipinski definition) is 4. The van der Waals surface area contributed by atoms with E-state index in [0.717, 1.165) is 31.0 Å². The molecule has 116 valence electrons. The Balaban J connectivity index is 1.46. The van der Waals surface area contributed by atoms with Gasteiger partial charge in [-0.1, -0.05) is 18.2 Å². The highest BCUT2D eigenvalue weighted by atomic mass is 15.3. The molecule has 0 bridgehead atoms. The second kappa shape index (κ2) is 6.12. The van der Waals surface area contributed by atoms with E-state index in [1.807, 2.05) is 35.3 Å². The third-order valence-corrected chi connectivity index (χ3v) is 4.15. The number of aromatic nitrogens is 3. The van der Waals surface area contributed by atoms with Gasteiger partial charge in [-0.2, -0.15) is 5.10 Å². The third kappa shape index (κ3) is 3.04. The average Bonchev–Trinajstić information content (AvgIpc) is 3.28. The second-order valence-corrected chi connectivity index (χ2v) is 5.76. The predicted molar refractivity (Wildman–Crippen MR) is 92.0 cm³/mol. The molecule has 3 aromatic rings. The van der Waals surface area contributed by atoms with Gasteiger partial charge in [0.1, 0.15) is 5.82 Å². The molecule has 0 spiro atoms. The number of pyridine rings is 1. The fourth-order valence-electron chi connectivity index (χ4n) is 3.00. The van der Waals surface area contributed by atoms with Gasteiger partial charge >= 0.3 is 0 Å². The molecule has 1 aromatic carbocycles. The molecule has 5 nitrogen and oxygen atoms in total. The van der Waals surface area contributed by atoms with Crippen molar-refractivity contribution in [3.05, 3.63) is 67.1 Å². The van der Waals surface area contributed by atoms with Crippen LogP contribution < -0.4 is 10.2 Å². The molecular weight excluding hydrogens is 286 g/mol. The van der Waals surface area contributed by atoms with E-state index in [0.29, 0.717) is 6.04 Å². The predicted octanol–water partition coefficient (Wildman–Crippen LogP) is 2.96. The highest BCUT2D eigenvalue weighted by molar-refractivity contribution is 5.49. The summed E-state index contributed by atoms with van der Waals surface area (Å²) in [6, 6.07) is 16.8. The van der Waals surface area contributed by atoms with Crippen LogP contribution in [0.25, 0.3) is 5.69 Å². The van der Waals surface area contributed by atoms with Crippen molar-refractivity contribution in [2.24, 2.45) is 0 Å². The SMILES string of the molecule is c1ccc(N[C@@H]2CCN(c3cc(-n4cccn4)ccn3)C2)cc1. The fourth-order valence-corrected chi connectivity index (χ4v) is 3.00. The van der Waals surface area contributed by atoms with E-state index >= 15 is 0 Å². The summed E-state index contributed by atoms with van der Waals surface area (Å²) < 4.78 is 1.86. The van der Waals surface area contributed by atoms with Gasteiger partial charge in [0.15, 0.2) is 0 Å². The minimum atomic E-state index is 0.451. The van der Waals surface area contributed by atoms with Crippen LogP contribution in [0.5, 0.6) is 0 Å². The summed E-state index contributed by atoms with van der Waals surface area (Å²) in [5.74, 6) is 1.01. The van der Waals surface area contributed by atoms with Gasteiger partial charge in [-0.25, -0.2) is 9.67 Å². The Morgan fingerprint density at radius 3 is 2.78 bits per heavy atom. The molecule has 1 aliphatic rings. The van der Waals surface area contributed by atoms with Crippen molar-refractivity contribution >= 4 is 11.5 Å². The first kappa shape index (κ1) is 13.8. The summed E-state index contributed by atoms with van der Waals surface area (Å²) in [5, 5.41) is 7.88. The van der Waals surface area contributed by atoms with Gasteiger partial charge in [0, 0.05) is 49.5 Å². The van der Waals surface area contributed by atoms with Crippen LogP contribution in [0.15, 0.2) is 67.1 Å². The summed E-state index contributed by atoms with van der Waals surface area (Å²) >= 11 is 0. The Labute approximate surface area is 135 Å². The molecule has 0 amide bonds. The van der Waals surface area contributed by atoms with Crippen molar-refractivity contribution in [3.8, 4) is 5.69 Å². The number of nitrogens with zero attached hydrogens (tertiary/aromatic N) is 4. The van der Waals surface area contributed by atoms with Crippen LogP contribution in [0.4, 0.5) is 11.5 Å². The molecule has 4 rings (SSSR count). The van der Waals surface area contributed by atoms with Crippen molar-refractivity contribution in [2.45, 2.75) is 12.5 Å². The molecule has 1 fully saturated rings. The Kier molecular flexibility index (Phi) is 3.68. The molecule has 1 atom stereocenters. The minimum absolute atomic E-state index is 0.451. The molecule has 2 aromatic heterocycles. The Hall–Kier alpha value is -2.82.